The number of hydrogen-bond donors (Lipinski definition) is 0. The summed E-state index contributed by atoms with van der Waals surface area (Å²) in [5, 5.41) is 3.20. The number of rotatable bonds is 8. The van der Waals surface area contributed by atoms with Gasteiger partial charge in [-0.2, -0.15) is 0 Å². The number of aromatic nitrogens is 1. The Kier molecular flexibility index (Phi) is 7.01. The number of halogens is 1. The molecule has 4 heteroatoms. The van der Waals surface area contributed by atoms with Crippen LogP contribution in [0.3, 0.4) is 0 Å². The van der Waals surface area contributed by atoms with E-state index in [2.05, 4.69) is 18.8 Å². The molecule has 0 aromatic carbocycles. The molecular weight excluding hydrogens is 242 g/mol. The standard InChI is InChI=1S/C12H20ClNOS/c1-3-5-10(2)15-7-4-6-12-14-11(8-13)9-16-12/h9-10H,3-8H2,1-2H3. The molecule has 2 nitrogen and oxygen atoms in total. The van der Waals surface area contributed by atoms with Crippen molar-refractivity contribution >= 4 is 22.9 Å². The van der Waals surface area contributed by atoms with E-state index in [0.29, 0.717) is 12.0 Å². The largest absolute Gasteiger partial charge is 0.378 e. The van der Waals surface area contributed by atoms with Gasteiger partial charge in [0.2, 0.25) is 0 Å². The number of hydrogen-bond acceptors (Lipinski definition) is 3. The Morgan fingerprint density at radius 2 is 2.38 bits per heavy atom. The van der Waals surface area contributed by atoms with Crippen molar-refractivity contribution in [2.45, 2.75) is 51.5 Å². The lowest BCUT2D eigenvalue weighted by Crippen LogP contribution is -2.09. The van der Waals surface area contributed by atoms with Crippen LogP contribution < -0.4 is 0 Å². The highest BCUT2D eigenvalue weighted by atomic mass is 35.5. The van der Waals surface area contributed by atoms with Gasteiger partial charge < -0.3 is 4.74 Å². The van der Waals surface area contributed by atoms with Gasteiger partial charge in [0.05, 0.1) is 22.7 Å². The zero-order valence-corrected chi connectivity index (χ0v) is 11.6. The van der Waals surface area contributed by atoms with Gasteiger partial charge in [0.1, 0.15) is 0 Å². The number of ether oxygens (including phenoxy) is 1. The van der Waals surface area contributed by atoms with Crippen LogP contribution in [0.1, 0.15) is 43.8 Å². The van der Waals surface area contributed by atoms with E-state index in [1.807, 2.05) is 5.38 Å². The van der Waals surface area contributed by atoms with Crippen molar-refractivity contribution in [3.63, 3.8) is 0 Å². The maximum absolute atomic E-state index is 5.70. The second-order valence-corrected chi connectivity index (χ2v) is 5.15. The highest BCUT2D eigenvalue weighted by Crippen LogP contribution is 2.13. The minimum atomic E-state index is 0.389. The zero-order chi connectivity index (χ0) is 11.8. The summed E-state index contributed by atoms with van der Waals surface area (Å²) in [7, 11) is 0. The first-order valence-electron chi connectivity index (χ1n) is 5.87. The normalized spacial score (nSPS) is 12.9. The maximum atomic E-state index is 5.70. The lowest BCUT2D eigenvalue weighted by molar-refractivity contribution is 0.0583. The molecule has 16 heavy (non-hydrogen) atoms. The summed E-state index contributed by atoms with van der Waals surface area (Å²) < 4.78 is 5.69. The third kappa shape index (κ3) is 5.28. The molecular formula is C12H20ClNOS. The van der Waals surface area contributed by atoms with Gasteiger partial charge in [-0.15, -0.1) is 22.9 Å². The van der Waals surface area contributed by atoms with Crippen molar-refractivity contribution in [2.75, 3.05) is 6.61 Å². The second-order valence-electron chi connectivity index (χ2n) is 3.94. The van der Waals surface area contributed by atoms with Crippen LogP contribution in [-0.4, -0.2) is 17.7 Å². The molecule has 1 rings (SSSR count). The fraction of sp³-hybridized carbons (Fsp3) is 0.750. The van der Waals surface area contributed by atoms with E-state index < -0.39 is 0 Å². The van der Waals surface area contributed by atoms with Crippen LogP contribution in [0.25, 0.3) is 0 Å². The maximum Gasteiger partial charge on any atom is 0.0929 e. The minimum Gasteiger partial charge on any atom is -0.378 e. The molecule has 0 aliphatic carbocycles. The van der Waals surface area contributed by atoms with Gasteiger partial charge in [-0.3, -0.25) is 0 Å². The van der Waals surface area contributed by atoms with E-state index in [4.69, 9.17) is 16.3 Å². The molecule has 1 aromatic heterocycles. The Bertz CT molecular complexity index is 290. The molecule has 1 heterocycles. The summed E-state index contributed by atoms with van der Waals surface area (Å²) >= 11 is 7.39. The Morgan fingerprint density at radius 3 is 3.00 bits per heavy atom. The van der Waals surface area contributed by atoms with Crippen LogP contribution in [0.15, 0.2) is 5.38 Å². The fourth-order valence-electron chi connectivity index (χ4n) is 1.52. The van der Waals surface area contributed by atoms with Crippen molar-refractivity contribution in [3.05, 3.63) is 16.1 Å². The fourth-order valence-corrected chi connectivity index (χ4v) is 2.59. The average Bonchev–Trinajstić information content (AvgIpc) is 2.73. The second kappa shape index (κ2) is 8.04. The Labute approximate surface area is 107 Å². The SMILES string of the molecule is CCCC(C)OCCCc1nc(CCl)cs1. The molecule has 0 aliphatic heterocycles. The molecule has 0 spiro atoms. The molecule has 92 valence electrons. The minimum absolute atomic E-state index is 0.389. The Hall–Kier alpha value is -0.120. The molecule has 0 aliphatic rings. The molecule has 1 unspecified atom stereocenters. The van der Waals surface area contributed by atoms with Gasteiger partial charge in [0, 0.05) is 18.4 Å². The highest BCUT2D eigenvalue weighted by molar-refractivity contribution is 7.09. The molecule has 0 saturated heterocycles. The molecule has 0 bridgehead atoms. The van der Waals surface area contributed by atoms with Crippen LogP contribution in [0.5, 0.6) is 0 Å². The Balaban J connectivity index is 2.11. The van der Waals surface area contributed by atoms with Gasteiger partial charge >= 0.3 is 0 Å². The van der Waals surface area contributed by atoms with Gasteiger partial charge in [0.25, 0.3) is 0 Å². The lowest BCUT2D eigenvalue weighted by atomic mass is 10.2. The average molecular weight is 262 g/mol. The van der Waals surface area contributed by atoms with Gasteiger partial charge in [-0.25, -0.2) is 4.98 Å². The molecule has 1 atom stereocenters. The summed E-state index contributed by atoms with van der Waals surface area (Å²) in [6.07, 6.45) is 4.77. The topological polar surface area (TPSA) is 22.1 Å². The molecule has 0 amide bonds. The molecule has 1 aromatic rings. The number of nitrogens with zero attached hydrogens (tertiary/aromatic N) is 1. The number of thiazole rings is 1. The first-order chi connectivity index (χ1) is 7.76. The predicted molar refractivity (Wildman–Crippen MR) is 70.3 cm³/mol. The van der Waals surface area contributed by atoms with Gasteiger partial charge in [-0.1, -0.05) is 13.3 Å². The lowest BCUT2D eigenvalue weighted by Gasteiger charge is -2.10. The monoisotopic (exact) mass is 261 g/mol. The van der Waals surface area contributed by atoms with Crippen molar-refractivity contribution in [3.8, 4) is 0 Å². The summed E-state index contributed by atoms with van der Waals surface area (Å²) in [5.74, 6) is 0.514. The van der Waals surface area contributed by atoms with Crippen LogP contribution in [0.4, 0.5) is 0 Å². The van der Waals surface area contributed by atoms with E-state index in [0.717, 1.165) is 31.6 Å². The molecule has 0 fully saturated rings. The van der Waals surface area contributed by atoms with Gasteiger partial charge in [-0.05, 0) is 19.8 Å². The van der Waals surface area contributed by atoms with Crippen molar-refractivity contribution < 1.29 is 4.74 Å². The molecule has 0 radical (unpaired) electrons. The third-order valence-corrected chi connectivity index (χ3v) is 3.60. The smallest absolute Gasteiger partial charge is 0.0929 e. The number of aryl methyl sites for hydroxylation is 1. The van der Waals surface area contributed by atoms with Crippen LogP contribution >= 0.6 is 22.9 Å². The van der Waals surface area contributed by atoms with E-state index in [-0.39, 0.29) is 0 Å². The summed E-state index contributed by atoms with van der Waals surface area (Å²) in [5.41, 5.74) is 0.988. The molecule has 0 N–H and O–H groups in total. The zero-order valence-electron chi connectivity index (χ0n) is 10.0. The third-order valence-electron chi connectivity index (χ3n) is 2.37. The van der Waals surface area contributed by atoms with Crippen molar-refractivity contribution in [1.82, 2.24) is 4.98 Å². The first kappa shape index (κ1) is 13.9. The van der Waals surface area contributed by atoms with Crippen LogP contribution in [-0.2, 0) is 17.0 Å². The van der Waals surface area contributed by atoms with E-state index in [1.165, 1.54) is 11.4 Å². The molecule has 0 saturated carbocycles. The summed E-state index contributed by atoms with van der Waals surface area (Å²) in [6, 6.07) is 0. The van der Waals surface area contributed by atoms with Crippen molar-refractivity contribution in [1.29, 1.82) is 0 Å². The van der Waals surface area contributed by atoms with E-state index >= 15 is 0 Å². The van der Waals surface area contributed by atoms with Gasteiger partial charge in [0.15, 0.2) is 0 Å². The van der Waals surface area contributed by atoms with Crippen LogP contribution in [0, 0.1) is 0 Å². The Morgan fingerprint density at radius 1 is 1.56 bits per heavy atom. The quantitative estimate of drug-likeness (QED) is 0.521. The summed E-state index contributed by atoms with van der Waals surface area (Å²) in [4.78, 5) is 4.41. The summed E-state index contributed by atoms with van der Waals surface area (Å²) in [6.45, 7) is 5.15. The predicted octanol–water partition coefficient (Wildman–Crippen LogP) is 4.02. The van der Waals surface area contributed by atoms with E-state index in [1.54, 1.807) is 11.3 Å². The van der Waals surface area contributed by atoms with Crippen LogP contribution in [0.2, 0.25) is 0 Å². The first-order valence-corrected chi connectivity index (χ1v) is 7.28. The highest BCUT2D eigenvalue weighted by Gasteiger charge is 2.03. The van der Waals surface area contributed by atoms with Crippen molar-refractivity contribution in [2.24, 2.45) is 0 Å². The number of alkyl halides is 1. The van der Waals surface area contributed by atoms with E-state index in [9.17, 15) is 0 Å².